The number of hydrogen-bond acceptors (Lipinski definition) is 2. The highest BCUT2D eigenvalue weighted by molar-refractivity contribution is 7.26. The van der Waals surface area contributed by atoms with E-state index in [-0.39, 0.29) is 0 Å². The zero-order valence-electron chi connectivity index (χ0n) is 27.5. The quantitative estimate of drug-likeness (QED) is 0.183. The first-order chi connectivity index (χ1) is 25.3. The van der Waals surface area contributed by atoms with Crippen LogP contribution in [0.1, 0.15) is 0 Å². The monoisotopic (exact) mass is 667 g/mol. The molecule has 3 heterocycles. The summed E-state index contributed by atoms with van der Waals surface area (Å²) in [7, 11) is 0. The van der Waals surface area contributed by atoms with E-state index in [4.69, 9.17) is 4.42 Å². The molecule has 11 aromatic rings. The number of para-hydroxylation sites is 2. The zero-order chi connectivity index (χ0) is 33.5. The number of aromatic nitrogens is 1. The molecule has 3 heteroatoms. The lowest BCUT2D eigenvalue weighted by atomic mass is 9.92. The minimum absolute atomic E-state index is 0.899. The highest BCUT2D eigenvalue weighted by atomic mass is 32.1. The third kappa shape index (κ3) is 4.29. The van der Waals surface area contributed by atoms with Gasteiger partial charge in [-0.15, -0.1) is 11.3 Å². The molecule has 0 amide bonds. The Morgan fingerprint density at radius 2 is 0.961 bits per heavy atom. The van der Waals surface area contributed by atoms with Crippen molar-refractivity contribution < 1.29 is 4.42 Å². The van der Waals surface area contributed by atoms with Gasteiger partial charge in [0.05, 0.1) is 22.1 Å². The van der Waals surface area contributed by atoms with Crippen molar-refractivity contribution in [1.82, 2.24) is 4.57 Å². The first kappa shape index (κ1) is 28.4. The summed E-state index contributed by atoms with van der Waals surface area (Å²) >= 11 is 1.87. The fraction of sp³-hybridized carbons (Fsp3) is 0. The van der Waals surface area contributed by atoms with E-state index in [1.165, 1.54) is 80.7 Å². The molecular weight excluding hydrogens is 639 g/mol. The highest BCUT2D eigenvalue weighted by Crippen LogP contribution is 2.48. The van der Waals surface area contributed by atoms with E-state index in [0.717, 1.165) is 22.2 Å². The first-order valence-electron chi connectivity index (χ1n) is 17.3. The molecule has 11 rings (SSSR count). The van der Waals surface area contributed by atoms with Crippen LogP contribution in [-0.4, -0.2) is 4.57 Å². The Labute approximate surface area is 298 Å². The van der Waals surface area contributed by atoms with Gasteiger partial charge in [0.25, 0.3) is 0 Å². The lowest BCUT2D eigenvalue weighted by molar-refractivity contribution is 0.669. The van der Waals surface area contributed by atoms with Gasteiger partial charge in [-0.05, 0) is 88.0 Å². The van der Waals surface area contributed by atoms with Crippen LogP contribution in [0.3, 0.4) is 0 Å². The molecule has 0 unspecified atom stereocenters. The van der Waals surface area contributed by atoms with Gasteiger partial charge in [0.2, 0.25) is 0 Å². The number of hydrogen-bond donors (Lipinski definition) is 0. The highest BCUT2D eigenvalue weighted by Gasteiger charge is 2.22. The molecule has 0 bridgehead atoms. The molecule has 238 valence electrons. The molecule has 0 aliphatic carbocycles. The number of furan rings is 1. The van der Waals surface area contributed by atoms with Crippen LogP contribution in [0.5, 0.6) is 0 Å². The molecule has 0 atom stereocenters. The Hall–Kier alpha value is -6.42. The summed E-state index contributed by atoms with van der Waals surface area (Å²) in [6.07, 6.45) is 0. The summed E-state index contributed by atoms with van der Waals surface area (Å²) in [6.45, 7) is 0. The average Bonchev–Trinajstić information content (AvgIpc) is 3.88. The van der Waals surface area contributed by atoms with Crippen molar-refractivity contribution in [2.24, 2.45) is 0 Å². The van der Waals surface area contributed by atoms with Crippen LogP contribution in [0.4, 0.5) is 0 Å². The fourth-order valence-corrected chi connectivity index (χ4v) is 9.40. The van der Waals surface area contributed by atoms with Gasteiger partial charge in [0, 0.05) is 36.3 Å². The summed E-state index contributed by atoms with van der Waals surface area (Å²) in [4.78, 5) is 0. The molecule has 0 N–H and O–H groups in total. The Morgan fingerprint density at radius 1 is 0.392 bits per heavy atom. The molecule has 0 aliphatic heterocycles. The van der Waals surface area contributed by atoms with Gasteiger partial charge in [-0.3, -0.25) is 0 Å². The molecule has 0 saturated heterocycles. The van der Waals surface area contributed by atoms with E-state index < -0.39 is 0 Å². The summed E-state index contributed by atoms with van der Waals surface area (Å²) in [5, 5.41) is 7.33. The number of nitrogens with zero attached hydrogens (tertiary/aromatic N) is 1. The van der Waals surface area contributed by atoms with Crippen LogP contribution >= 0.6 is 11.3 Å². The smallest absolute Gasteiger partial charge is 0.137 e. The SMILES string of the molecule is c1ccc(-c2cc(-c3ccccc3)cc(-c3cccc4c3sc3ccc5oc6cccc(-n7c8ccccc8c8ccccc87)c6c5c34)c2)cc1. The van der Waals surface area contributed by atoms with E-state index in [1.54, 1.807) is 0 Å². The first-order valence-corrected chi connectivity index (χ1v) is 18.2. The number of benzene rings is 8. The number of fused-ring (bicyclic) bond motifs is 10. The van der Waals surface area contributed by atoms with Crippen molar-refractivity contribution >= 4 is 75.3 Å². The second-order valence-electron chi connectivity index (χ2n) is 13.2. The van der Waals surface area contributed by atoms with E-state index >= 15 is 0 Å². The molecule has 0 fully saturated rings. The van der Waals surface area contributed by atoms with Gasteiger partial charge in [-0.2, -0.15) is 0 Å². The van der Waals surface area contributed by atoms with Crippen LogP contribution in [0.15, 0.2) is 180 Å². The summed E-state index contributed by atoms with van der Waals surface area (Å²) < 4.78 is 11.6. The second-order valence-corrected chi connectivity index (χ2v) is 14.3. The van der Waals surface area contributed by atoms with Crippen molar-refractivity contribution in [1.29, 1.82) is 0 Å². The molecule has 0 radical (unpaired) electrons. The van der Waals surface area contributed by atoms with E-state index in [9.17, 15) is 0 Å². The maximum absolute atomic E-state index is 6.68. The van der Waals surface area contributed by atoms with Crippen LogP contribution in [0.2, 0.25) is 0 Å². The minimum atomic E-state index is 0.899. The molecule has 2 nitrogen and oxygen atoms in total. The lowest BCUT2D eigenvalue weighted by Crippen LogP contribution is -1.94. The molecule has 0 saturated carbocycles. The van der Waals surface area contributed by atoms with Crippen molar-refractivity contribution in [2.75, 3.05) is 0 Å². The second kappa shape index (κ2) is 11.0. The predicted molar refractivity (Wildman–Crippen MR) is 217 cm³/mol. The maximum Gasteiger partial charge on any atom is 0.137 e. The number of thiophene rings is 1. The van der Waals surface area contributed by atoms with Crippen LogP contribution in [0, 0.1) is 0 Å². The van der Waals surface area contributed by atoms with Gasteiger partial charge in [-0.25, -0.2) is 0 Å². The van der Waals surface area contributed by atoms with Gasteiger partial charge in [0.15, 0.2) is 0 Å². The Morgan fingerprint density at radius 3 is 1.65 bits per heavy atom. The van der Waals surface area contributed by atoms with Gasteiger partial charge in [-0.1, -0.05) is 121 Å². The Bertz CT molecular complexity index is 3020. The van der Waals surface area contributed by atoms with E-state index in [2.05, 4.69) is 180 Å². The summed E-state index contributed by atoms with van der Waals surface area (Å²) in [6, 6.07) is 63.5. The molecule has 0 aliphatic rings. The molecule has 8 aromatic carbocycles. The number of rotatable bonds is 4. The minimum Gasteiger partial charge on any atom is -0.456 e. The molecule has 3 aromatic heterocycles. The van der Waals surface area contributed by atoms with Gasteiger partial charge < -0.3 is 8.98 Å². The summed E-state index contributed by atoms with van der Waals surface area (Å²) in [5.41, 5.74) is 12.6. The normalized spacial score (nSPS) is 11.9. The van der Waals surface area contributed by atoms with E-state index in [1.807, 2.05) is 11.3 Å². The van der Waals surface area contributed by atoms with Crippen molar-refractivity contribution in [2.45, 2.75) is 0 Å². The zero-order valence-corrected chi connectivity index (χ0v) is 28.3. The third-order valence-electron chi connectivity index (χ3n) is 10.4. The third-order valence-corrected chi connectivity index (χ3v) is 11.6. The Balaban J connectivity index is 1.21. The predicted octanol–water partition coefficient (Wildman–Crippen LogP) is 14.1. The maximum atomic E-state index is 6.68. The fourth-order valence-electron chi connectivity index (χ4n) is 8.15. The van der Waals surface area contributed by atoms with E-state index in [0.29, 0.717) is 0 Å². The van der Waals surface area contributed by atoms with Crippen LogP contribution in [-0.2, 0) is 0 Å². The van der Waals surface area contributed by atoms with Crippen LogP contribution < -0.4 is 0 Å². The van der Waals surface area contributed by atoms with Gasteiger partial charge in [0.1, 0.15) is 11.2 Å². The van der Waals surface area contributed by atoms with Crippen molar-refractivity contribution in [3.05, 3.63) is 176 Å². The Kier molecular flexibility index (Phi) is 6.16. The standard InChI is InChI=1S/C48H29NOS/c1-3-13-30(14-4-1)32-27-33(31-15-5-2-6-16-31)29-34(28-32)35-19-11-20-38-45-44(51-48(35)38)26-25-43-47(45)46-41(23-12-24-42(46)50-43)49-39-21-9-7-17-36(39)37-18-8-10-22-40(37)49/h1-29H. The largest absolute Gasteiger partial charge is 0.456 e. The van der Waals surface area contributed by atoms with Crippen LogP contribution in [0.25, 0.3) is 103 Å². The molecule has 0 spiro atoms. The lowest BCUT2D eigenvalue weighted by Gasteiger charge is -2.12. The van der Waals surface area contributed by atoms with Crippen molar-refractivity contribution in [3.63, 3.8) is 0 Å². The molecule has 51 heavy (non-hydrogen) atoms. The van der Waals surface area contributed by atoms with Gasteiger partial charge >= 0.3 is 0 Å². The molecular formula is C48H29NOS. The summed E-state index contributed by atoms with van der Waals surface area (Å²) in [5.74, 6) is 0. The topological polar surface area (TPSA) is 18.1 Å². The van der Waals surface area contributed by atoms with Crippen molar-refractivity contribution in [3.8, 4) is 39.1 Å². The average molecular weight is 668 g/mol.